The van der Waals surface area contributed by atoms with Crippen molar-refractivity contribution in [2.45, 2.75) is 25.7 Å². The first-order valence-corrected chi connectivity index (χ1v) is 7.98. The van der Waals surface area contributed by atoms with Crippen LogP contribution in [-0.4, -0.2) is 45.7 Å². The van der Waals surface area contributed by atoms with Gasteiger partial charge in [0.2, 0.25) is 5.91 Å². The molecule has 1 aliphatic carbocycles. The van der Waals surface area contributed by atoms with E-state index in [9.17, 15) is 4.79 Å². The minimum atomic E-state index is 0.0458. The summed E-state index contributed by atoms with van der Waals surface area (Å²) in [7, 11) is 0. The summed E-state index contributed by atoms with van der Waals surface area (Å²) in [5, 5.41) is 10.9. The van der Waals surface area contributed by atoms with Crippen molar-refractivity contribution in [1.82, 2.24) is 25.5 Å². The van der Waals surface area contributed by atoms with Gasteiger partial charge in [-0.15, -0.1) is 0 Å². The number of anilines is 1. The third-order valence-electron chi connectivity index (χ3n) is 4.58. The predicted octanol–water partition coefficient (Wildman–Crippen LogP) is 1.10. The number of H-pyrrole nitrogens is 1. The van der Waals surface area contributed by atoms with Crippen molar-refractivity contribution in [2.75, 3.05) is 24.5 Å². The van der Waals surface area contributed by atoms with Crippen LogP contribution in [0.5, 0.6) is 0 Å². The summed E-state index contributed by atoms with van der Waals surface area (Å²) in [6.07, 6.45) is 7.78. The molecule has 0 bridgehead atoms. The average molecular weight is 300 g/mol. The fourth-order valence-electron chi connectivity index (χ4n) is 3.10. The van der Waals surface area contributed by atoms with Crippen molar-refractivity contribution < 1.29 is 4.79 Å². The molecule has 7 nitrogen and oxygen atoms in total. The molecule has 4 rings (SSSR count). The van der Waals surface area contributed by atoms with E-state index in [1.807, 2.05) is 0 Å². The van der Waals surface area contributed by atoms with Crippen molar-refractivity contribution in [3.63, 3.8) is 0 Å². The highest BCUT2D eigenvalue weighted by Crippen LogP contribution is 2.29. The Balaban J connectivity index is 1.48. The minimum absolute atomic E-state index is 0.0458. The molecular formula is C15H20N6O. The Morgan fingerprint density at radius 3 is 3.14 bits per heavy atom. The van der Waals surface area contributed by atoms with E-state index in [0.29, 0.717) is 6.54 Å². The number of rotatable bonds is 4. The lowest BCUT2D eigenvalue weighted by molar-refractivity contribution is -0.125. The number of carbonyl (C=O) groups excluding carboxylic acids is 1. The first kappa shape index (κ1) is 13.5. The van der Waals surface area contributed by atoms with E-state index in [2.05, 4.69) is 30.4 Å². The Hall–Kier alpha value is -2.18. The summed E-state index contributed by atoms with van der Waals surface area (Å²) >= 11 is 0. The van der Waals surface area contributed by atoms with Gasteiger partial charge in [0.25, 0.3) is 0 Å². The van der Waals surface area contributed by atoms with Gasteiger partial charge < -0.3 is 10.2 Å². The summed E-state index contributed by atoms with van der Waals surface area (Å²) in [4.78, 5) is 23.1. The Bertz CT molecular complexity index is 679. The zero-order valence-corrected chi connectivity index (χ0v) is 12.5. The standard InChI is InChI=1S/C15H20N6O/c22-15(16-6-10-3-4-10)11-2-1-5-21(8-11)14-12-7-19-20-13(12)17-9-18-14/h7,9-11H,1-6,8H2,(H,16,22)(H,17,18,19,20)/t11-/m1/s1. The van der Waals surface area contributed by atoms with E-state index < -0.39 is 0 Å². The van der Waals surface area contributed by atoms with Crippen LogP contribution in [0, 0.1) is 11.8 Å². The van der Waals surface area contributed by atoms with Crippen LogP contribution in [0.1, 0.15) is 25.7 Å². The highest BCUT2D eigenvalue weighted by Gasteiger charge is 2.29. The van der Waals surface area contributed by atoms with Gasteiger partial charge >= 0.3 is 0 Å². The molecule has 0 spiro atoms. The average Bonchev–Trinajstić information content (AvgIpc) is 3.27. The molecule has 0 radical (unpaired) electrons. The van der Waals surface area contributed by atoms with E-state index in [0.717, 1.165) is 48.7 Å². The van der Waals surface area contributed by atoms with E-state index in [1.165, 1.54) is 12.8 Å². The molecule has 1 saturated heterocycles. The van der Waals surface area contributed by atoms with Crippen LogP contribution in [0.4, 0.5) is 5.82 Å². The molecule has 22 heavy (non-hydrogen) atoms. The normalized spacial score (nSPS) is 22.0. The number of nitrogens with one attached hydrogen (secondary N) is 2. The lowest BCUT2D eigenvalue weighted by Gasteiger charge is -2.33. The summed E-state index contributed by atoms with van der Waals surface area (Å²) in [6.45, 7) is 2.48. The Morgan fingerprint density at radius 1 is 1.36 bits per heavy atom. The number of piperidine rings is 1. The van der Waals surface area contributed by atoms with Gasteiger partial charge in [-0.2, -0.15) is 5.10 Å². The summed E-state index contributed by atoms with van der Waals surface area (Å²) < 4.78 is 0. The van der Waals surface area contributed by atoms with Crippen LogP contribution in [0.25, 0.3) is 11.0 Å². The molecule has 2 aromatic rings. The third kappa shape index (κ3) is 2.63. The van der Waals surface area contributed by atoms with E-state index in [1.54, 1.807) is 12.5 Å². The number of nitrogens with zero attached hydrogens (tertiary/aromatic N) is 4. The van der Waals surface area contributed by atoms with Gasteiger partial charge in [0.15, 0.2) is 5.65 Å². The number of fused-ring (bicyclic) bond motifs is 1. The second-order valence-electron chi connectivity index (χ2n) is 6.30. The highest BCUT2D eigenvalue weighted by molar-refractivity contribution is 5.87. The van der Waals surface area contributed by atoms with E-state index in [-0.39, 0.29) is 11.8 Å². The van der Waals surface area contributed by atoms with Crippen LogP contribution in [-0.2, 0) is 4.79 Å². The molecule has 1 aliphatic heterocycles. The molecule has 1 amide bonds. The fourth-order valence-corrected chi connectivity index (χ4v) is 3.10. The number of amides is 1. The van der Waals surface area contributed by atoms with Crippen LogP contribution in [0.15, 0.2) is 12.5 Å². The van der Waals surface area contributed by atoms with Gasteiger partial charge in [-0.3, -0.25) is 9.89 Å². The molecule has 1 atom stereocenters. The summed E-state index contributed by atoms with van der Waals surface area (Å²) in [6, 6.07) is 0. The monoisotopic (exact) mass is 300 g/mol. The second kappa shape index (κ2) is 5.55. The van der Waals surface area contributed by atoms with Gasteiger partial charge in [0.1, 0.15) is 12.1 Å². The molecule has 2 aliphatic rings. The van der Waals surface area contributed by atoms with Crippen LogP contribution in [0.2, 0.25) is 0 Å². The molecule has 2 fully saturated rings. The van der Waals surface area contributed by atoms with Crippen LogP contribution in [0.3, 0.4) is 0 Å². The number of hydrogen-bond donors (Lipinski definition) is 2. The predicted molar refractivity (Wildman–Crippen MR) is 82.4 cm³/mol. The Kier molecular flexibility index (Phi) is 3.40. The van der Waals surface area contributed by atoms with Crippen molar-refractivity contribution in [1.29, 1.82) is 0 Å². The zero-order valence-electron chi connectivity index (χ0n) is 12.5. The summed E-state index contributed by atoms with van der Waals surface area (Å²) in [5.41, 5.74) is 0.741. The van der Waals surface area contributed by atoms with E-state index in [4.69, 9.17) is 0 Å². The molecule has 7 heteroatoms. The highest BCUT2D eigenvalue weighted by atomic mass is 16.1. The maximum atomic E-state index is 12.3. The quantitative estimate of drug-likeness (QED) is 0.883. The van der Waals surface area contributed by atoms with Crippen LogP contribution < -0.4 is 10.2 Å². The molecule has 2 N–H and O–H groups in total. The first-order chi connectivity index (χ1) is 10.8. The van der Waals surface area contributed by atoms with Crippen molar-refractivity contribution >= 4 is 22.8 Å². The topological polar surface area (TPSA) is 86.8 Å². The van der Waals surface area contributed by atoms with Crippen LogP contribution >= 0.6 is 0 Å². The number of carbonyl (C=O) groups is 1. The maximum absolute atomic E-state index is 12.3. The summed E-state index contributed by atoms with van der Waals surface area (Å²) in [5.74, 6) is 1.83. The molecule has 0 unspecified atom stereocenters. The lowest BCUT2D eigenvalue weighted by atomic mass is 9.97. The third-order valence-corrected chi connectivity index (χ3v) is 4.58. The molecule has 0 aromatic carbocycles. The van der Waals surface area contributed by atoms with Gasteiger partial charge in [0, 0.05) is 19.6 Å². The zero-order chi connectivity index (χ0) is 14.9. The van der Waals surface area contributed by atoms with Crippen molar-refractivity contribution in [2.24, 2.45) is 11.8 Å². The first-order valence-electron chi connectivity index (χ1n) is 7.98. The van der Waals surface area contributed by atoms with Gasteiger partial charge in [-0.25, -0.2) is 9.97 Å². The second-order valence-corrected chi connectivity index (χ2v) is 6.30. The minimum Gasteiger partial charge on any atom is -0.356 e. The fraction of sp³-hybridized carbons (Fsp3) is 0.600. The van der Waals surface area contributed by atoms with Crippen molar-refractivity contribution in [3.05, 3.63) is 12.5 Å². The van der Waals surface area contributed by atoms with Gasteiger partial charge in [0.05, 0.1) is 17.5 Å². The smallest absolute Gasteiger partial charge is 0.224 e. The Morgan fingerprint density at radius 2 is 2.27 bits per heavy atom. The SMILES string of the molecule is O=C(NCC1CC1)[C@@H]1CCCN(c2ncnc3[nH]ncc23)C1. The lowest BCUT2D eigenvalue weighted by Crippen LogP contribution is -2.43. The Labute approximate surface area is 128 Å². The van der Waals surface area contributed by atoms with Gasteiger partial charge in [-0.05, 0) is 31.6 Å². The van der Waals surface area contributed by atoms with E-state index >= 15 is 0 Å². The number of hydrogen-bond acceptors (Lipinski definition) is 5. The largest absolute Gasteiger partial charge is 0.356 e. The number of aromatic nitrogens is 4. The number of aromatic amines is 1. The molecule has 2 aromatic heterocycles. The molecule has 116 valence electrons. The molecule has 1 saturated carbocycles. The molecule has 3 heterocycles. The van der Waals surface area contributed by atoms with Gasteiger partial charge in [-0.1, -0.05) is 0 Å². The molecular weight excluding hydrogens is 280 g/mol. The maximum Gasteiger partial charge on any atom is 0.224 e. The van der Waals surface area contributed by atoms with Crippen molar-refractivity contribution in [3.8, 4) is 0 Å².